The molecule has 4 heterocycles. The van der Waals surface area contributed by atoms with Crippen LogP contribution in [0, 0.1) is 5.92 Å². The summed E-state index contributed by atoms with van der Waals surface area (Å²) in [6.45, 7) is 5.59. The number of benzene rings is 1. The Morgan fingerprint density at radius 3 is 2.90 bits per heavy atom. The third-order valence-electron chi connectivity index (χ3n) is 4.97. The summed E-state index contributed by atoms with van der Waals surface area (Å²) in [6, 6.07) is 9.25. The van der Waals surface area contributed by atoms with Crippen molar-refractivity contribution in [3.63, 3.8) is 0 Å². The Morgan fingerprint density at radius 1 is 1.25 bits per heavy atom. The third-order valence-corrected chi connectivity index (χ3v) is 4.97. The predicted octanol–water partition coefficient (Wildman–Crippen LogP) is 1.54. The van der Waals surface area contributed by atoms with E-state index in [9.17, 15) is 0 Å². The van der Waals surface area contributed by atoms with Crippen molar-refractivity contribution in [3.8, 4) is 5.75 Å². The Labute approximate surface area is 120 Å². The summed E-state index contributed by atoms with van der Waals surface area (Å²) in [5.41, 5.74) is 1.12. The molecule has 4 nitrogen and oxygen atoms in total. The average Bonchev–Trinajstić information content (AvgIpc) is 2.54. The highest BCUT2D eigenvalue weighted by Crippen LogP contribution is 2.29. The lowest BCUT2D eigenvalue weighted by molar-refractivity contribution is 0.0715. The van der Waals surface area contributed by atoms with Gasteiger partial charge in [0.05, 0.1) is 11.7 Å². The SMILES string of the molecule is c1ccc2c(c1)NC(CNC1CN3CCC1CC3)CO2. The second kappa shape index (κ2) is 5.26. The summed E-state index contributed by atoms with van der Waals surface area (Å²) < 4.78 is 5.82. The van der Waals surface area contributed by atoms with E-state index in [1.807, 2.05) is 12.1 Å². The van der Waals surface area contributed by atoms with Gasteiger partial charge in [-0.1, -0.05) is 12.1 Å². The van der Waals surface area contributed by atoms with E-state index in [-0.39, 0.29) is 0 Å². The number of hydrogen-bond acceptors (Lipinski definition) is 4. The maximum absolute atomic E-state index is 5.82. The summed E-state index contributed by atoms with van der Waals surface area (Å²) in [4.78, 5) is 2.60. The fraction of sp³-hybridized carbons (Fsp3) is 0.625. The van der Waals surface area contributed by atoms with E-state index < -0.39 is 0 Å². The summed E-state index contributed by atoms with van der Waals surface area (Å²) >= 11 is 0. The van der Waals surface area contributed by atoms with Crippen molar-refractivity contribution in [2.24, 2.45) is 5.92 Å². The first kappa shape index (κ1) is 12.5. The van der Waals surface area contributed by atoms with Crippen LogP contribution in [0.4, 0.5) is 5.69 Å². The predicted molar refractivity (Wildman–Crippen MR) is 80.3 cm³/mol. The lowest BCUT2D eigenvalue weighted by atomic mass is 9.84. The molecule has 2 atom stereocenters. The van der Waals surface area contributed by atoms with E-state index in [1.165, 1.54) is 32.5 Å². The molecule has 3 saturated heterocycles. The monoisotopic (exact) mass is 273 g/mol. The number of piperidine rings is 3. The van der Waals surface area contributed by atoms with Crippen molar-refractivity contribution in [2.45, 2.75) is 24.9 Å². The van der Waals surface area contributed by atoms with Crippen LogP contribution in [0.1, 0.15) is 12.8 Å². The molecule has 108 valence electrons. The first-order valence-electron chi connectivity index (χ1n) is 7.82. The van der Waals surface area contributed by atoms with Gasteiger partial charge in [-0.05, 0) is 44.0 Å². The highest BCUT2D eigenvalue weighted by molar-refractivity contribution is 5.58. The number of fused-ring (bicyclic) bond motifs is 4. The van der Waals surface area contributed by atoms with Crippen LogP contribution in [0.25, 0.3) is 0 Å². The summed E-state index contributed by atoms with van der Waals surface area (Å²) in [5, 5.41) is 7.35. The van der Waals surface area contributed by atoms with Gasteiger partial charge in [-0.25, -0.2) is 0 Å². The van der Waals surface area contributed by atoms with Crippen molar-refractivity contribution >= 4 is 5.69 Å². The molecule has 2 N–H and O–H groups in total. The van der Waals surface area contributed by atoms with Gasteiger partial charge < -0.3 is 20.3 Å². The van der Waals surface area contributed by atoms with Crippen molar-refractivity contribution in [3.05, 3.63) is 24.3 Å². The molecule has 4 heteroatoms. The lowest BCUT2D eigenvalue weighted by Crippen LogP contribution is -2.57. The van der Waals surface area contributed by atoms with E-state index in [0.29, 0.717) is 12.1 Å². The molecule has 0 spiro atoms. The topological polar surface area (TPSA) is 36.5 Å². The number of para-hydroxylation sites is 2. The Bertz CT molecular complexity index is 471. The maximum atomic E-state index is 5.82. The maximum Gasteiger partial charge on any atom is 0.142 e. The van der Waals surface area contributed by atoms with Gasteiger partial charge in [0.15, 0.2) is 0 Å². The second-order valence-corrected chi connectivity index (χ2v) is 6.30. The number of nitrogens with one attached hydrogen (secondary N) is 2. The zero-order chi connectivity index (χ0) is 13.4. The molecule has 4 aliphatic heterocycles. The summed E-state index contributed by atoms with van der Waals surface area (Å²) in [5.74, 6) is 1.86. The van der Waals surface area contributed by atoms with Crippen LogP contribution in [0.3, 0.4) is 0 Å². The molecule has 1 aromatic carbocycles. The molecule has 0 radical (unpaired) electrons. The third kappa shape index (κ3) is 2.38. The highest BCUT2D eigenvalue weighted by Gasteiger charge is 2.34. The first-order valence-corrected chi connectivity index (χ1v) is 7.82. The Hall–Kier alpha value is -1.26. The highest BCUT2D eigenvalue weighted by atomic mass is 16.5. The molecule has 2 bridgehead atoms. The van der Waals surface area contributed by atoms with Gasteiger partial charge in [0, 0.05) is 19.1 Å². The lowest BCUT2D eigenvalue weighted by Gasteiger charge is -2.45. The molecular formula is C16H23N3O. The van der Waals surface area contributed by atoms with Crippen LogP contribution in [0.15, 0.2) is 24.3 Å². The van der Waals surface area contributed by atoms with Crippen molar-refractivity contribution < 1.29 is 4.74 Å². The van der Waals surface area contributed by atoms with E-state index in [4.69, 9.17) is 4.74 Å². The minimum atomic E-state index is 0.375. The Morgan fingerprint density at radius 2 is 2.10 bits per heavy atom. The number of anilines is 1. The first-order chi connectivity index (χ1) is 9.88. The fourth-order valence-electron chi connectivity index (χ4n) is 3.76. The van der Waals surface area contributed by atoms with Crippen LogP contribution in [-0.2, 0) is 0 Å². The Kier molecular flexibility index (Phi) is 3.28. The molecule has 20 heavy (non-hydrogen) atoms. The van der Waals surface area contributed by atoms with Crippen LogP contribution in [0.2, 0.25) is 0 Å². The zero-order valence-corrected chi connectivity index (χ0v) is 11.8. The molecule has 0 aliphatic carbocycles. The van der Waals surface area contributed by atoms with Crippen molar-refractivity contribution in [2.75, 3.05) is 38.1 Å². The zero-order valence-electron chi connectivity index (χ0n) is 11.8. The number of hydrogen-bond donors (Lipinski definition) is 2. The summed E-state index contributed by atoms with van der Waals surface area (Å²) in [6.07, 6.45) is 2.74. The minimum Gasteiger partial charge on any atom is -0.489 e. The number of rotatable bonds is 3. The van der Waals surface area contributed by atoms with Gasteiger partial charge in [0.1, 0.15) is 12.4 Å². The smallest absolute Gasteiger partial charge is 0.142 e. The average molecular weight is 273 g/mol. The summed E-state index contributed by atoms with van der Waals surface area (Å²) in [7, 11) is 0. The van der Waals surface area contributed by atoms with Gasteiger partial charge >= 0.3 is 0 Å². The quantitative estimate of drug-likeness (QED) is 0.876. The molecule has 0 aromatic heterocycles. The van der Waals surface area contributed by atoms with E-state index in [2.05, 4.69) is 27.7 Å². The van der Waals surface area contributed by atoms with Gasteiger partial charge in [-0.2, -0.15) is 0 Å². The van der Waals surface area contributed by atoms with E-state index in [1.54, 1.807) is 0 Å². The second-order valence-electron chi connectivity index (χ2n) is 6.30. The van der Waals surface area contributed by atoms with Gasteiger partial charge in [0.25, 0.3) is 0 Å². The van der Waals surface area contributed by atoms with Crippen molar-refractivity contribution in [1.82, 2.24) is 10.2 Å². The molecule has 4 aliphatic rings. The van der Waals surface area contributed by atoms with Crippen LogP contribution < -0.4 is 15.4 Å². The van der Waals surface area contributed by atoms with Gasteiger partial charge in [0.2, 0.25) is 0 Å². The van der Waals surface area contributed by atoms with Gasteiger partial charge in [-0.3, -0.25) is 0 Å². The van der Waals surface area contributed by atoms with Crippen LogP contribution in [0.5, 0.6) is 5.75 Å². The fourth-order valence-corrected chi connectivity index (χ4v) is 3.76. The Balaban J connectivity index is 1.33. The largest absolute Gasteiger partial charge is 0.489 e. The van der Waals surface area contributed by atoms with E-state index >= 15 is 0 Å². The molecule has 2 unspecified atom stereocenters. The van der Waals surface area contributed by atoms with Crippen LogP contribution in [-0.4, -0.2) is 49.8 Å². The van der Waals surface area contributed by atoms with Crippen LogP contribution >= 0.6 is 0 Å². The molecular weight excluding hydrogens is 250 g/mol. The molecule has 1 aromatic rings. The van der Waals surface area contributed by atoms with Gasteiger partial charge in [-0.15, -0.1) is 0 Å². The van der Waals surface area contributed by atoms with Crippen molar-refractivity contribution in [1.29, 1.82) is 0 Å². The number of nitrogens with zero attached hydrogens (tertiary/aromatic N) is 1. The molecule has 5 rings (SSSR count). The minimum absolute atomic E-state index is 0.375. The number of ether oxygens (including phenoxy) is 1. The van der Waals surface area contributed by atoms with E-state index in [0.717, 1.165) is 30.5 Å². The molecule has 3 fully saturated rings. The normalized spacial score (nSPS) is 35.0. The molecule has 0 saturated carbocycles. The molecule has 0 amide bonds. The standard InChI is InChI=1S/C16H23N3O/c1-2-4-16-14(3-1)18-13(11-20-16)9-17-15-10-19-7-5-12(15)6-8-19/h1-4,12-13,15,17-18H,5-11H2.